The number of guanidine groups is 1. The summed E-state index contributed by atoms with van der Waals surface area (Å²) in [6, 6.07) is 0.459. The van der Waals surface area contributed by atoms with Crippen LogP contribution >= 0.6 is 0 Å². The van der Waals surface area contributed by atoms with Gasteiger partial charge in [0.2, 0.25) is 0 Å². The first kappa shape index (κ1) is 18.3. The van der Waals surface area contributed by atoms with Crippen LogP contribution in [0, 0.1) is 5.41 Å². The van der Waals surface area contributed by atoms with Gasteiger partial charge in [0.15, 0.2) is 5.96 Å². The summed E-state index contributed by atoms with van der Waals surface area (Å²) in [7, 11) is 0. The number of nitrogens with zero attached hydrogens (tertiary/aromatic N) is 1. The van der Waals surface area contributed by atoms with E-state index in [1.54, 1.807) is 0 Å². The number of aliphatic hydroxyl groups excluding tert-OH is 1. The van der Waals surface area contributed by atoms with Crippen molar-refractivity contribution in [3.05, 3.63) is 0 Å². The van der Waals surface area contributed by atoms with Crippen LogP contribution in [0.5, 0.6) is 0 Å². The normalized spacial score (nSPS) is 24.0. The largest absolute Gasteiger partial charge is 0.393 e. The highest BCUT2D eigenvalue weighted by Crippen LogP contribution is 2.21. The van der Waals surface area contributed by atoms with Crippen LogP contribution in [0.25, 0.3) is 0 Å². The molecule has 3 N–H and O–H groups in total. The van der Waals surface area contributed by atoms with Crippen LogP contribution in [0.4, 0.5) is 0 Å². The number of aliphatic imine (C=N–C) groups is 1. The zero-order valence-electron chi connectivity index (χ0n) is 14.4. The lowest BCUT2D eigenvalue weighted by Crippen LogP contribution is -2.45. The molecule has 4 heteroatoms. The van der Waals surface area contributed by atoms with Gasteiger partial charge < -0.3 is 15.7 Å². The maximum absolute atomic E-state index is 9.56. The van der Waals surface area contributed by atoms with E-state index in [2.05, 4.69) is 43.3 Å². The molecule has 1 saturated carbocycles. The molecule has 0 radical (unpaired) electrons. The molecule has 0 saturated heterocycles. The maximum atomic E-state index is 9.56. The van der Waals surface area contributed by atoms with Crippen molar-refractivity contribution in [1.82, 2.24) is 10.6 Å². The highest BCUT2D eigenvalue weighted by atomic mass is 16.3. The predicted molar refractivity (Wildman–Crippen MR) is 90.7 cm³/mol. The van der Waals surface area contributed by atoms with E-state index in [1.807, 2.05) is 0 Å². The fourth-order valence-electron chi connectivity index (χ4n) is 2.69. The van der Waals surface area contributed by atoms with Gasteiger partial charge in [0.1, 0.15) is 0 Å². The number of hydrogen-bond acceptors (Lipinski definition) is 2. The van der Waals surface area contributed by atoms with Crippen LogP contribution in [0.15, 0.2) is 4.99 Å². The van der Waals surface area contributed by atoms with E-state index in [9.17, 15) is 5.11 Å². The number of aliphatic hydroxyl groups is 1. The monoisotopic (exact) mass is 297 g/mol. The third kappa shape index (κ3) is 8.97. The summed E-state index contributed by atoms with van der Waals surface area (Å²) >= 11 is 0. The van der Waals surface area contributed by atoms with Gasteiger partial charge in [-0.15, -0.1) is 0 Å². The molecule has 0 aromatic rings. The summed E-state index contributed by atoms with van der Waals surface area (Å²) < 4.78 is 0. The molecule has 0 amide bonds. The molecule has 0 spiro atoms. The first-order valence-electron chi connectivity index (χ1n) is 8.63. The molecule has 1 aliphatic carbocycles. The van der Waals surface area contributed by atoms with Crippen molar-refractivity contribution in [3.63, 3.8) is 0 Å². The zero-order valence-corrected chi connectivity index (χ0v) is 14.4. The second kappa shape index (κ2) is 9.29. The molecule has 0 atom stereocenters. The first-order chi connectivity index (χ1) is 9.90. The van der Waals surface area contributed by atoms with Crippen LogP contribution in [0.3, 0.4) is 0 Å². The Kier molecular flexibility index (Phi) is 8.09. The van der Waals surface area contributed by atoms with E-state index in [0.29, 0.717) is 11.5 Å². The molecule has 1 aliphatic rings. The second-order valence-corrected chi connectivity index (χ2v) is 7.43. The molecule has 0 bridgehead atoms. The van der Waals surface area contributed by atoms with Crippen molar-refractivity contribution in [2.75, 3.05) is 13.1 Å². The van der Waals surface area contributed by atoms with E-state index in [4.69, 9.17) is 0 Å². The Morgan fingerprint density at radius 3 is 2.38 bits per heavy atom. The lowest BCUT2D eigenvalue weighted by Gasteiger charge is -2.27. The molecule has 0 unspecified atom stereocenters. The quantitative estimate of drug-likeness (QED) is 0.401. The highest BCUT2D eigenvalue weighted by molar-refractivity contribution is 5.80. The van der Waals surface area contributed by atoms with Crippen LogP contribution in [0.2, 0.25) is 0 Å². The molecule has 124 valence electrons. The molecule has 0 aromatic carbocycles. The Morgan fingerprint density at radius 1 is 1.14 bits per heavy atom. The molecule has 1 rings (SSSR count). The lowest BCUT2D eigenvalue weighted by molar-refractivity contribution is 0.120. The summed E-state index contributed by atoms with van der Waals surface area (Å²) in [4.78, 5) is 4.68. The van der Waals surface area contributed by atoms with Gasteiger partial charge in [0, 0.05) is 19.1 Å². The van der Waals surface area contributed by atoms with E-state index in [0.717, 1.165) is 51.2 Å². The summed E-state index contributed by atoms with van der Waals surface area (Å²) in [5.41, 5.74) is 0.426. The Balaban J connectivity index is 2.29. The molecule has 0 aliphatic heterocycles. The minimum atomic E-state index is -0.0972. The fraction of sp³-hybridized carbons (Fsp3) is 0.941. The van der Waals surface area contributed by atoms with Gasteiger partial charge in [-0.05, 0) is 50.9 Å². The second-order valence-electron chi connectivity index (χ2n) is 7.43. The number of rotatable bonds is 6. The van der Waals surface area contributed by atoms with Crippen molar-refractivity contribution in [1.29, 1.82) is 0 Å². The summed E-state index contributed by atoms with van der Waals surface area (Å²) in [5.74, 6) is 0.939. The summed E-state index contributed by atoms with van der Waals surface area (Å²) in [6.07, 6.45) is 7.43. The van der Waals surface area contributed by atoms with E-state index in [1.165, 1.54) is 12.8 Å². The van der Waals surface area contributed by atoms with Gasteiger partial charge >= 0.3 is 0 Å². The summed E-state index contributed by atoms with van der Waals surface area (Å²) in [6.45, 7) is 10.8. The maximum Gasteiger partial charge on any atom is 0.191 e. The van der Waals surface area contributed by atoms with Crippen LogP contribution in [-0.4, -0.2) is 36.3 Å². The van der Waals surface area contributed by atoms with Gasteiger partial charge in [-0.2, -0.15) is 0 Å². The molecule has 21 heavy (non-hydrogen) atoms. The fourth-order valence-corrected chi connectivity index (χ4v) is 2.69. The Morgan fingerprint density at radius 2 is 1.81 bits per heavy atom. The van der Waals surface area contributed by atoms with Crippen molar-refractivity contribution in [2.24, 2.45) is 10.4 Å². The predicted octanol–water partition coefficient (Wildman–Crippen LogP) is 3.06. The number of unbranched alkanes of at least 4 members (excludes halogenated alkanes) is 1. The number of hydrogen-bond donors (Lipinski definition) is 3. The van der Waals surface area contributed by atoms with Crippen LogP contribution in [-0.2, 0) is 0 Å². The Hall–Kier alpha value is -0.770. The van der Waals surface area contributed by atoms with Gasteiger partial charge in [0.05, 0.1) is 6.10 Å². The van der Waals surface area contributed by atoms with E-state index < -0.39 is 0 Å². The molecule has 4 nitrogen and oxygen atoms in total. The molecular formula is C17H35N3O. The smallest absolute Gasteiger partial charge is 0.191 e. The minimum Gasteiger partial charge on any atom is -0.393 e. The highest BCUT2D eigenvalue weighted by Gasteiger charge is 2.19. The molecule has 0 heterocycles. The Labute approximate surface area is 130 Å². The van der Waals surface area contributed by atoms with Gasteiger partial charge in [-0.3, -0.25) is 4.99 Å². The average Bonchev–Trinajstić information content (AvgIpc) is 2.40. The van der Waals surface area contributed by atoms with E-state index >= 15 is 0 Å². The van der Waals surface area contributed by atoms with Crippen molar-refractivity contribution in [2.45, 2.75) is 84.8 Å². The average molecular weight is 297 g/mol. The number of nitrogens with one attached hydrogen (secondary N) is 2. The van der Waals surface area contributed by atoms with Gasteiger partial charge in [-0.1, -0.05) is 27.2 Å². The molecule has 0 aromatic heterocycles. The van der Waals surface area contributed by atoms with Gasteiger partial charge in [-0.25, -0.2) is 0 Å². The van der Waals surface area contributed by atoms with Crippen molar-refractivity contribution >= 4 is 5.96 Å². The van der Waals surface area contributed by atoms with E-state index in [-0.39, 0.29) is 6.10 Å². The standard InChI is InChI=1S/C17H35N3O/c1-5-18-16(19-13-7-6-12-17(2,3)4)20-14-8-10-15(21)11-9-14/h14-15,21H,5-13H2,1-4H3,(H2,18,19,20). The van der Waals surface area contributed by atoms with Crippen LogP contribution in [0.1, 0.15) is 72.6 Å². The topological polar surface area (TPSA) is 56.7 Å². The Bertz CT molecular complexity index is 302. The van der Waals surface area contributed by atoms with Crippen molar-refractivity contribution < 1.29 is 5.11 Å². The van der Waals surface area contributed by atoms with Gasteiger partial charge in [0.25, 0.3) is 0 Å². The molecular weight excluding hydrogens is 262 g/mol. The third-order valence-electron chi connectivity index (χ3n) is 3.99. The molecule has 1 fully saturated rings. The third-order valence-corrected chi connectivity index (χ3v) is 3.99. The lowest BCUT2D eigenvalue weighted by atomic mass is 9.90. The van der Waals surface area contributed by atoms with Crippen molar-refractivity contribution in [3.8, 4) is 0 Å². The first-order valence-corrected chi connectivity index (χ1v) is 8.63. The SMILES string of the molecule is CCNC(=NCCCCC(C)(C)C)NC1CCC(O)CC1. The van der Waals surface area contributed by atoms with Crippen LogP contribution < -0.4 is 10.6 Å². The minimum absolute atomic E-state index is 0.0972. The zero-order chi connectivity index (χ0) is 15.7. The summed E-state index contributed by atoms with van der Waals surface area (Å²) in [5, 5.41) is 16.4.